The van der Waals surface area contributed by atoms with Crippen LogP contribution in [0.3, 0.4) is 0 Å². The molecule has 1 aliphatic heterocycles. The lowest BCUT2D eigenvalue weighted by Crippen LogP contribution is -2.47. The van der Waals surface area contributed by atoms with Gasteiger partial charge in [0.15, 0.2) is 0 Å². The third-order valence-electron chi connectivity index (χ3n) is 2.94. The van der Waals surface area contributed by atoms with Crippen LogP contribution in [0.25, 0.3) is 0 Å². The lowest BCUT2D eigenvalue weighted by atomic mass is 9.99. The van der Waals surface area contributed by atoms with Gasteiger partial charge in [0.25, 0.3) is 0 Å². The van der Waals surface area contributed by atoms with Crippen molar-refractivity contribution in [3.05, 3.63) is 0 Å². The van der Waals surface area contributed by atoms with Gasteiger partial charge in [0, 0.05) is 31.6 Å². The maximum atomic E-state index is 11.3. The maximum Gasteiger partial charge on any atom is 0.221 e. The molecule has 1 heterocycles. The molecule has 4 heteroatoms. The molecule has 1 fully saturated rings. The molecule has 0 spiro atoms. The number of hydrogen-bond donors (Lipinski definition) is 2. The second-order valence-corrected chi connectivity index (χ2v) is 4.16. The van der Waals surface area contributed by atoms with Crippen molar-refractivity contribution in [2.45, 2.75) is 38.3 Å². The predicted molar refractivity (Wildman–Crippen MR) is 56.9 cm³/mol. The van der Waals surface area contributed by atoms with Gasteiger partial charge in [-0.2, -0.15) is 0 Å². The summed E-state index contributed by atoms with van der Waals surface area (Å²) in [4.78, 5) is 13.6. The molecule has 4 nitrogen and oxygen atoms in total. The van der Waals surface area contributed by atoms with Crippen LogP contribution in [0.1, 0.15) is 26.2 Å². The van der Waals surface area contributed by atoms with Crippen LogP contribution in [0.15, 0.2) is 0 Å². The molecule has 0 aromatic rings. The third-order valence-corrected chi connectivity index (χ3v) is 2.94. The van der Waals surface area contributed by atoms with E-state index in [4.69, 9.17) is 5.73 Å². The number of nitrogens with zero attached hydrogens (tertiary/aromatic N) is 1. The number of likely N-dealkylation sites (tertiary alicyclic amines) is 1. The maximum absolute atomic E-state index is 11.3. The molecule has 0 aliphatic carbocycles. The fourth-order valence-corrected chi connectivity index (χ4v) is 1.85. The number of rotatable bonds is 3. The monoisotopic (exact) mass is 199 g/mol. The quantitative estimate of drug-likeness (QED) is 0.669. The highest BCUT2D eigenvalue weighted by Crippen LogP contribution is 2.15. The molecule has 1 saturated heterocycles. The third kappa shape index (κ3) is 3.27. The SMILES string of the molecule is CC1CC(NC(=O)CCN)CCN1C. The average molecular weight is 199 g/mol. The van der Waals surface area contributed by atoms with Crippen LogP contribution in [0.4, 0.5) is 0 Å². The zero-order chi connectivity index (χ0) is 10.6. The zero-order valence-corrected chi connectivity index (χ0v) is 9.12. The first kappa shape index (κ1) is 11.5. The van der Waals surface area contributed by atoms with Gasteiger partial charge >= 0.3 is 0 Å². The Morgan fingerprint density at radius 1 is 1.64 bits per heavy atom. The van der Waals surface area contributed by atoms with E-state index >= 15 is 0 Å². The van der Waals surface area contributed by atoms with Crippen molar-refractivity contribution in [1.29, 1.82) is 0 Å². The van der Waals surface area contributed by atoms with E-state index in [1.807, 2.05) is 0 Å². The zero-order valence-electron chi connectivity index (χ0n) is 9.12. The van der Waals surface area contributed by atoms with E-state index in [-0.39, 0.29) is 5.91 Å². The summed E-state index contributed by atoms with van der Waals surface area (Å²) in [5.74, 6) is 0.0919. The fraction of sp³-hybridized carbons (Fsp3) is 0.900. The van der Waals surface area contributed by atoms with E-state index in [1.165, 1.54) is 0 Å². The molecule has 82 valence electrons. The first-order valence-electron chi connectivity index (χ1n) is 5.33. The Bertz CT molecular complexity index is 196. The Kier molecular flexibility index (Phi) is 4.35. The van der Waals surface area contributed by atoms with Crippen molar-refractivity contribution in [2.75, 3.05) is 20.1 Å². The summed E-state index contributed by atoms with van der Waals surface area (Å²) in [5, 5.41) is 3.03. The van der Waals surface area contributed by atoms with Crippen LogP contribution in [0.5, 0.6) is 0 Å². The molecule has 1 amide bonds. The Balaban J connectivity index is 2.29. The van der Waals surface area contributed by atoms with Crippen LogP contribution in [0.2, 0.25) is 0 Å². The minimum absolute atomic E-state index is 0.0919. The minimum atomic E-state index is 0.0919. The van der Waals surface area contributed by atoms with Gasteiger partial charge in [0.05, 0.1) is 0 Å². The van der Waals surface area contributed by atoms with Crippen molar-refractivity contribution < 1.29 is 4.79 Å². The van der Waals surface area contributed by atoms with Crippen molar-refractivity contribution in [3.8, 4) is 0 Å². The molecule has 2 unspecified atom stereocenters. The lowest BCUT2D eigenvalue weighted by molar-refractivity contribution is -0.122. The molecule has 1 rings (SSSR count). The van der Waals surface area contributed by atoms with Crippen molar-refractivity contribution in [3.63, 3.8) is 0 Å². The summed E-state index contributed by atoms with van der Waals surface area (Å²) in [6, 6.07) is 0.909. The van der Waals surface area contributed by atoms with Crippen molar-refractivity contribution in [2.24, 2.45) is 5.73 Å². The Hall–Kier alpha value is -0.610. The molecule has 0 radical (unpaired) electrons. The smallest absolute Gasteiger partial charge is 0.221 e. The number of carbonyl (C=O) groups is 1. The highest BCUT2D eigenvalue weighted by Gasteiger charge is 2.23. The summed E-state index contributed by atoms with van der Waals surface area (Å²) < 4.78 is 0. The molecule has 0 saturated carbocycles. The van der Waals surface area contributed by atoms with Gasteiger partial charge in [-0.05, 0) is 26.8 Å². The van der Waals surface area contributed by atoms with Gasteiger partial charge in [-0.25, -0.2) is 0 Å². The van der Waals surface area contributed by atoms with E-state index in [9.17, 15) is 4.79 Å². The molecule has 2 atom stereocenters. The topological polar surface area (TPSA) is 58.4 Å². The van der Waals surface area contributed by atoms with Gasteiger partial charge in [-0.3, -0.25) is 4.79 Å². The summed E-state index contributed by atoms with van der Waals surface area (Å²) in [5.41, 5.74) is 5.31. The first-order valence-corrected chi connectivity index (χ1v) is 5.33. The van der Waals surface area contributed by atoms with Gasteiger partial charge in [-0.15, -0.1) is 0 Å². The summed E-state index contributed by atoms with van der Waals surface area (Å²) in [6.07, 6.45) is 2.55. The molecular weight excluding hydrogens is 178 g/mol. The predicted octanol–water partition coefficient (Wildman–Crippen LogP) is -0.0659. The molecule has 0 bridgehead atoms. The average Bonchev–Trinajstić information content (AvgIpc) is 2.12. The molecule has 14 heavy (non-hydrogen) atoms. The molecule has 0 aromatic carbocycles. The number of amides is 1. The van der Waals surface area contributed by atoms with Crippen molar-refractivity contribution in [1.82, 2.24) is 10.2 Å². The second-order valence-electron chi connectivity index (χ2n) is 4.16. The minimum Gasteiger partial charge on any atom is -0.353 e. The number of piperidine rings is 1. The van der Waals surface area contributed by atoms with E-state index in [0.717, 1.165) is 19.4 Å². The van der Waals surface area contributed by atoms with Crippen LogP contribution in [0, 0.1) is 0 Å². The number of carbonyl (C=O) groups excluding carboxylic acids is 1. The standard InChI is InChI=1S/C10H21N3O/c1-8-7-9(4-6-13(8)2)12-10(14)3-5-11/h8-9H,3-7,11H2,1-2H3,(H,12,14). The lowest BCUT2D eigenvalue weighted by Gasteiger charge is -2.35. The summed E-state index contributed by atoms with van der Waals surface area (Å²) in [6.45, 7) is 3.70. The van der Waals surface area contributed by atoms with Crippen LogP contribution in [-0.2, 0) is 4.79 Å². The van der Waals surface area contributed by atoms with Crippen LogP contribution < -0.4 is 11.1 Å². The normalized spacial score (nSPS) is 28.8. The molecule has 3 N–H and O–H groups in total. The number of hydrogen-bond acceptors (Lipinski definition) is 3. The van der Waals surface area contributed by atoms with E-state index < -0.39 is 0 Å². The number of nitrogens with two attached hydrogens (primary N) is 1. The first-order chi connectivity index (χ1) is 6.63. The van der Waals surface area contributed by atoms with E-state index in [2.05, 4.69) is 24.2 Å². The van der Waals surface area contributed by atoms with Crippen LogP contribution in [-0.4, -0.2) is 43.0 Å². The molecule has 0 aromatic heterocycles. The Labute approximate surface area is 85.8 Å². The fourth-order valence-electron chi connectivity index (χ4n) is 1.85. The van der Waals surface area contributed by atoms with Gasteiger partial charge in [0.1, 0.15) is 0 Å². The highest BCUT2D eigenvalue weighted by molar-refractivity contribution is 5.76. The Morgan fingerprint density at radius 3 is 2.93 bits per heavy atom. The van der Waals surface area contributed by atoms with Gasteiger partial charge in [0.2, 0.25) is 5.91 Å². The van der Waals surface area contributed by atoms with Crippen LogP contribution >= 0.6 is 0 Å². The number of nitrogens with one attached hydrogen (secondary N) is 1. The van der Waals surface area contributed by atoms with Gasteiger partial charge < -0.3 is 16.0 Å². The molecular formula is C10H21N3O. The highest BCUT2D eigenvalue weighted by atomic mass is 16.1. The van der Waals surface area contributed by atoms with E-state index in [1.54, 1.807) is 0 Å². The molecule has 1 aliphatic rings. The largest absolute Gasteiger partial charge is 0.353 e. The summed E-state index contributed by atoms with van der Waals surface area (Å²) >= 11 is 0. The second kappa shape index (κ2) is 5.32. The van der Waals surface area contributed by atoms with Crippen molar-refractivity contribution >= 4 is 5.91 Å². The van der Waals surface area contributed by atoms with E-state index in [0.29, 0.717) is 25.0 Å². The summed E-state index contributed by atoms with van der Waals surface area (Å²) in [7, 11) is 2.13. The Morgan fingerprint density at radius 2 is 2.36 bits per heavy atom. The van der Waals surface area contributed by atoms with Gasteiger partial charge in [-0.1, -0.05) is 0 Å².